The molecule has 1 heterocycles. The molecule has 0 saturated carbocycles. The van der Waals surface area contributed by atoms with Crippen molar-refractivity contribution in [1.29, 1.82) is 0 Å². The maximum Gasteiger partial charge on any atom is 0.122 e. The quantitative estimate of drug-likeness (QED) is 0.859. The van der Waals surface area contributed by atoms with E-state index in [-0.39, 0.29) is 0 Å². The number of hydrogen-bond acceptors (Lipinski definition) is 2. The third-order valence-electron chi connectivity index (χ3n) is 3.19. The number of aromatic nitrogens is 2. The van der Waals surface area contributed by atoms with E-state index in [1.54, 1.807) is 0 Å². The minimum absolute atomic E-state index is 0.474. The van der Waals surface area contributed by atoms with Gasteiger partial charge in [0.1, 0.15) is 5.82 Å². The first-order valence-corrected chi connectivity index (χ1v) is 5.84. The molecule has 3 heteroatoms. The highest BCUT2D eigenvalue weighted by Gasteiger charge is 2.14. The van der Waals surface area contributed by atoms with Crippen molar-refractivity contribution in [3.05, 3.63) is 40.8 Å². The second-order valence-corrected chi connectivity index (χ2v) is 4.54. The van der Waals surface area contributed by atoms with Crippen LogP contribution in [0.25, 0.3) is 11.3 Å². The van der Waals surface area contributed by atoms with Gasteiger partial charge in [-0.1, -0.05) is 17.7 Å². The van der Waals surface area contributed by atoms with E-state index in [0.29, 0.717) is 6.54 Å². The van der Waals surface area contributed by atoms with Crippen molar-refractivity contribution in [2.75, 3.05) is 0 Å². The lowest BCUT2D eigenvalue weighted by Gasteiger charge is -2.10. The summed E-state index contributed by atoms with van der Waals surface area (Å²) >= 11 is 0. The molecule has 1 aromatic heterocycles. The summed E-state index contributed by atoms with van der Waals surface area (Å²) in [5.74, 6) is 0.929. The van der Waals surface area contributed by atoms with Crippen molar-refractivity contribution in [2.24, 2.45) is 12.8 Å². The summed E-state index contributed by atoms with van der Waals surface area (Å²) in [5.41, 5.74) is 11.7. The Morgan fingerprint density at radius 2 is 1.94 bits per heavy atom. The van der Waals surface area contributed by atoms with Crippen molar-refractivity contribution < 1.29 is 0 Å². The van der Waals surface area contributed by atoms with Crippen molar-refractivity contribution in [2.45, 2.75) is 27.3 Å². The molecule has 90 valence electrons. The zero-order chi connectivity index (χ0) is 12.6. The second-order valence-electron chi connectivity index (χ2n) is 4.54. The van der Waals surface area contributed by atoms with Gasteiger partial charge in [0, 0.05) is 12.6 Å². The van der Waals surface area contributed by atoms with Gasteiger partial charge < -0.3 is 10.3 Å². The monoisotopic (exact) mass is 229 g/mol. The smallest absolute Gasteiger partial charge is 0.122 e. The van der Waals surface area contributed by atoms with Gasteiger partial charge >= 0.3 is 0 Å². The number of aryl methyl sites for hydroxylation is 3. The number of imidazole rings is 1. The molecule has 0 unspecified atom stereocenters. The minimum Gasteiger partial charge on any atom is -0.330 e. The molecule has 0 aliphatic carbocycles. The standard InChI is InChI=1S/C14H19N3/c1-9-5-6-10(2)12(7-9)14-11(3)16-13(8-15)17(14)4/h5-7H,8,15H2,1-4H3. The van der Waals surface area contributed by atoms with Crippen LogP contribution in [0.2, 0.25) is 0 Å². The molecule has 2 aromatic rings. The second kappa shape index (κ2) is 4.34. The van der Waals surface area contributed by atoms with Crippen LogP contribution in [0.3, 0.4) is 0 Å². The van der Waals surface area contributed by atoms with E-state index in [4.69, 9.17) is 5.73 Å². The largest absolute Gasteiger partial charge is 0.330 e. The first-order chi connectivity index (χ1) is 8.04. The Hall–Kier alpha value is -1.61. The Balaban J connectivity index is 2.68. The predicted molar refractivity (Wildman–Crippen MR) is 70.7 cm³/mol. The average Bonchev–Trinajstić information content (AvgIpc) is 2.58. The van der Waals surface area contributed by atoms with E-state index in [0.717, 1.165) is 11.5 Å². The van der Waals surface area contributed by atoms with Crippen LogP contribution in [0, 0.1) is 20.8 Å². The van der Waals surface area contributed by atoms with Crippen LogP contribution in [0.5, 0.6) is 0 Å². The summed E-state index contributed by atoms with van der Waals surface area (Å²) in [7, 11) is 2.03. The van der Waals surface area contributed by atoms with Crippen LogP contribution in [0.4, 0.5) is 0 Å². The van der Waals surface area contributed by atoms with Crippen LogP contribution in [0.1, 0.15) is 22.6 Å². The van der Waals surface area contributed by atoms with Gasteiger partial charge in [0.05, 0.1) is 17.9 Å². The normalized spacial score (nSPS) is 10.9. The molecule has 17 heavy (non-hydrogen) atoms. The molecule has 0 spiro atoms. The summed E-state index contributed by atoms with van der Waals surface area (Å²) in [6.07, 6.45) is 0. The molecule has 1 aromatic carbocycles. The number of hydrogen-bond donors (Lipinski definition) is 1. The lowest BCUT2D eigenvalue weighted by atomic mass is 10.0. The van der Waals surface area contributed by atoms with Gasteiger partial charge in [-0.2, -0.15) is 0 Å². The van der Waals surface area contributed by atoms with Gasteiger partial charge in [-0.15, -0.1) is 0 Å². The van der Waals surface area contributed by atoms with Crippen LogP contribution in [-0.2, 0) is 13.6 Å². The van der Waals surface area contributed by atoms with Crippen LogP contribution in [0.15, 0.2) is 18.2 Å². The zero-order valence-corrected chi connectivity index (χ0v) is 10.9. The maximum absolute atomic E-state index is 5.70. The summed E-state index contributed by atoms with van der Waals surface area (Å²) in [6.45, 7) is 6.75. The Kier molecular flexibility index (Phi) is 3.03. The zero-order valence-electron chi connectivity index (χ0n) is 10.9. The maximum atomic E-state index is 5.70. The molecule has 0 aliphatic heterocycles. The third kappa shape index (κ3) is 1.98. The van der Waals surface area contributed by atoms with Gasteiger partial charge in [0.25, 0.3) is 0 Å². The Labute approximate surface area is 102 Å². The van der Waals surface area contributed by atoms with Gasteiger partial charge in [-0.25, -0.2) is 4.98 Å². The van der Waals surface area contributed by atoms with E-state index < -0.39 is 0 Å². The molecule has 2 N–H and O–H groups in total. The van der Waals surface area contributed by atoms with Gasteiger partial charge in [0.2, 0.25) is 0 Å². The summed E-state index contributed by atoms with van der Waals surface area (Å²) < 4.78 is 2.09. The lowest BCUT2D eigenvalue weighted by molar-refractivity contribution is 0.798. The summed E-state index contributed by atoms with van der Waals surface area (Å²) in [4.78, 5) is 4.51. The van der Waals surface area contributed by atoms with E-state index >= 15 is 0 Å². The summed E-state index contributed by atoms with van der Waals surface area (Å²) in [6, 6.07) is 6.49. The van der Waals surface area contributed by atoms with Crippen molar-refractivity contribution >= 4 is 0 Å². The van der Waals surface area contributed by atoms with Crippen molar-refractivity contribution in [1.82, 2.24) is 9.55 Å². The molecule has 0 saturated heterocycles. The molecular weight excluding hydrogens is 210 g/mol. The highest BCUT2D eigenvalue weighted by Crippen LogP contribution is 2.27. The first kappa shape index (κ1) is 11.9. The van der Waals surface area contributed by atoms with Gasteiger partial charge in [0.15, 0.2) is 0 Å². The molecule has 0 atom stereocenters. The highest BCUT2D eigenvalue weighted by molar-refractivity contribution is 5.67. The molecule has 0 aliphatic rings. The Morgan fingerprint density at radius 3 is 2.53 bits per heavy atom. The fourth-order valence-corrected chi connectivity index (χ4v) is 2.24. The highest BCUT2D eigenvalue weighted by atomic mass is 15.1. The fourth-order valence-electron chi connectivity index (χ4n) is 2.24. The number of rotatable bonds is 2. The molecule has 2 rings (SSSR count). The summed E-state index contributed by atoms with van der Waals surface area (Å²) in [5, 5.41) is 0. The van der Waals surface area contributed by atoms with Crippen molar-refractivity contribution in [3.63, 3.8) is 0 Å². The molecule has 0 amide bonds. The Bertz CT molecular complexity index is 553. The number of nitrogens with two attached hydrogens (primary N) is 1. The number of nitrogens with zero attached hydrogens (tertiary/aromatic N) is 2. The average molecular weight is 229 g/mol. The molecule has 0 fully saturated rings. The third-order valence-corrected chi connectivity index (χ3v) is 3.19. The predicted octanol–water partition coefficient (Wildman–Crippen LogP) is 2.47. The SMILES string of the molecule is Cc1ccc(C)c(-c2c(C)nc(CN)n2C)c1. The van der Waals surface area contributed by atoms with E-state index in [1.165, 1.54) is 22.4 Å². The van der Waals surface area contributed by atoms with Crippen LogP contribution >= 0.6 is 0 Å². The van der Waals surface area contributed by atoms with E-state index in [2.05, 4.69) is 41.6 Å². The topological polar surface area (TPSA) is 43.8 Å². The van der Waals surface area contributed by atoms with E-state index in [1.807, 2.05) is 14.0 Å². The van der Waals surface area contributed by atoms with Gasteiger partial charge in [-0.05, 0) is 32.4 Å². The fraction of sp³-hybridized carbons (Fsp3) is 0.357. The first-order valence-electron chi connectivity index (χ1n) is 5.84. The van der Waals surface area contributed by atoms with Crippen LogP contribution in [-0.4, -0.2) is 9.55 Å². The molecular formula is C14H19N3. The van der Waals surface area contributed by atoms with E-state index in [9.17, 15) is 0 Å². The minimum atomic E-state index is 0.474. The molecule has 3 nitrogen and oxygen atoms in total. The lowest BCUT2D eigenvalue weighted by Crippen LogP contribution is -2.05. The number of benzene rings is 1. The van der Waals surface area contributed by atoms with Crippen LogP contribution < -0.4 is 5.73 Å². The molecule has 0 bridgehead atoms. The van der Waals surface area contributed by atoms with Crippen molar-refractivity contribution in [3.8, 4) is 11.3 Å². The van der Waals surface area contributed by atoms with Gasteiger partial charge in [-0.3, -0.25) is 0 Å². The Morgan fingerprint density at radius 1 is 1.24 bits per heavy atom. The molecule has 0 radical (unpaired) electrons.